The zero-order valence-electron chi connectivity index (χ0n) is 9.73. The number of nitrogens with one attached hydrogen (secondary N) is 1. The second kappa shape index (κ2) is 4.03. The van der Waals surface area contributed by atoms with Gasteiger partial charge in [0.15, 0.2) is 0 Å². The molecule has 1 amide bonds. The Morgan fingerprint density at radius 3 is 2.71 bits per heavy atom. The van der Waals surface area contributed by atoms with E-state index in [9.17, 15) is 13.2 Å². The van der Waals surface area contributed by atoms with E-state index >= 15 is 0 Å². The van der Waals surface area contributed by atoms with Gasteiger partial charge in [-0.25, -0.2) is 4.31 Å². The van der Waals surface area contributed by atoms with Crippen LogP contribution < -0.4 is 4.72 Å². The van der Waals surface area contributed by atoms with Crippen molar-refractivity contribution in [2.24, 2.45) is 0 Å². The Morgan fingerprint density at radius 1 is 1.35 bits per heavy atom. The van der Waals surface area contributed by atoms with Gasteiger partial charge in [0.2, 0.25) is 0 Å². The lowest BCUT2D eigenvalue weighted by molar-refractivity contribution is 0.0860. The van der Waals surface area contributed by atoms with Crippen LogP contribution in [0.5, 0.6) is 0 Å². The van der Waals surface area contributed by atoms with E-state index in [1.54, 1.807) is 25.1 Å². The molecule has 0 aliphatic carbocycles. The van der Waals surface area contributed by atoms with Crippen molar-refractivity contribution in [3.63, 3.8) is 0 Å². The van der Waals surface area contributed by atoms with Gasteiger partial charge < -0.3 is 0 Å². The summed E-state index contributed by atoms with van der Waals surface area (Å²) in [6.45, 7) is 3.79. The average Bonchev–Trinajstić information content (AvgIpc) is 2.26. The van der Waals surface area contributed by atoms with Gasteiger partial charge in [-0.2, -0.15) is 8.42 Å². The van der Waals surface area contributed by atoms with Crippen molar-refractivity contribution in [3.05, 3.63) is 29.3 Å². The van der Waals surface area contributed by atoms with E-state index in [1.165, 1.54) is 0 Å². The molecule has 0 aromatic heterocycles. The predicted octanol–water partition coefficient (Wildman–Crippen LogP) is 1.52. The van der Waals surface area contributed by atoms with Crippen LogP contribution in [0.25, 0.3) is 0 Å². The third-order valence-corrected chi connectivity index (χ3v) is 4.07. The maximum atomic E-state index is 12.1. The maximum Gasteiger partial charge on any atom is 0.326 e. The Labute approximate surface area is 101 Å². The number of hydrogen-bond donors (Lipinski definition) is 1. The van der Waals surface area contributed by atoms with Crippen LogP contribution in [-0.4, -0.2) is 25.2 Å². The average molecular weight is 254 g/mol. The van der Waals surface area contributed by atoms with Crippen LogP contribution in [0.4, 0.5) is 5.69 Å². The van der Waals surface area contributed by atoms with E-state index in [0.717, 1.165) is 9.87 Å². The first kappa shape index (κ1) is 11.9. The minimum absolute atomic E-state index is 0.196. The number of fused-ring (bicyclic) bond motifs is 1. The van der Waals surface area contributed by atoms with Crippen molar-refractivity contribution < 1.29 is 13.2 Å². The Kier molecular flexibility index (Phi) is 2.82. The second-order valence-electron chi connectivity index (χ2n) is 3.98. The van der Waals surface area contributed by atoms with Crippen LogP contribution in [0.2, 0.25) is 0 Å². The predicted molar refractivity (Wildman–Crippen MR) is 65.0 cm³/mol. The fourth-order valence-electron chi connectivity index (χ4n) is 1.83. The van der Waals surface area contributed by atoms with Crippen molar-refractivity contribution in [1.82, 2.24) is 4.31 Å². The molecule has 1 aliphatic heterocycles. The van der Waals surface area contributed by atoms with E-state index < -0.39 is 16.1 Å². The van der Waals surface area contributed by atoms with Gasteiger partial charge in [0.05, 0.1) is 11.3 Å². The minimum atomic E-state index is -3.74. The molecule has 0 bridgehead atoms. The lowest BCUT2D eigenvalue weighted by Gasteiger charge is -2.29. The van der Waals surface area contributed by atoms with Gasteiger partial charge >= 0.3 is 10.2 Å². The van der Waals surface area contributed by atoms with Crippen LogP contribution in [0.15, 0.2) is 18.2 Å². The summed E-state index contributed by atoms with van der Waals surface area (Å²) in [5, 5.41) is 0. The number of amides is 1. The van der Waals surface area contributed by atoms with Crippen molar-refractivity contribution in [2.75, 3.05) is 11.3 Å². The third kappa shape index (κ3) is 1.88. The molecule has 1 aromatic rings. The topological polar surface area (TPSA) is 66.5 Å². The maximum absolute atomic E-state index is 12.1. The summed E-state index contributed by atoms with van der Waals surface area (Å²) in [5.41, 5.74) is 1.55. The summed E-state index contributed by atoms with van der Waals surface area (Å²) >= 11 is 0. The van der Waals surface area contributed by atoms with Gasteiger partial charge in [-0.1, -0.05) is 19.1 Å². The van der Waals surface area contributed by atoms with Crippen LogP contribution in [0.3, 0.4) is 0 Å². The molecule has 0 saturated heterocycles. The molecule has 0 saturated carbocycles. The van der Waals surface area contributed by atoms with Crippen molar-refractivity contribution in [3.8, 4) is 0 Å². The molecule has 17 heavy (non-hydrogen) atoms. The van der Waals surface area contributed by atoms with Crippen molar-refractivity contribution in [2.45, 2.75) is 20.3 Å². The molecule has 2 rings (SSSR count). The highest BCUT2D eigenvalue weighted by molar-refractivity contribution is 7.91. The van der Waals surface area contributed by atoms with Gasteiger partial charge in [0.1, 0.15) is 0 Å². The third-order valence-electron chi connectivity index (χ3n) is 2.68. The number of rotatable bonds is 2. The highest BCUT2D eigenvalue weighted by Gasteiger charge is 2.35. The standard InChI is InChI=1S/C11H14N2O3S/c1-3-7-13-11(14)9-6-4-5-8(2)10(9)12-17(13,15)16/h4-6,12H,3,7H2,1-2H3. The number of anilines is 1. The molecule has 92 valence electrons. The number of carbonyl (C=O) groups excluding carboxylic acids is 1. The number of hydrogen-bond acceptors (Lipinski definition) is 3. The smallest absolute Gasteiger partial charge is 0.268 e. The number of benzene rings is 1. The molecule has 1 aliphatic rings. The Balaban J connectivity index is 2.58. The zero-order valence-corrected chi connectivity index (χ0v) is 10.5. The Hall–Kier alpha value is -1.56. The molecule has 0 atom stereocenters. The van der Waals surface area contributed by atoms with Crippen LogP contribution in [0.1, 0.15) is 29.3 Å². The van der Waals surface area contributed by atoms with E-state index in [0.29, 0.717) is 17.7 Å². The quantitative estimate of drug-likeness (QED) is 0.870. The SMILES string of the molecule is CCCN1C(=O)c2cccc(C)c2NS1(=O)=O. The summed E-state index contributed by atoms with van der Waals surface area (Å²) in [6.07, 6.45) is 0.591. The molecular weight excluding hydrogens is 240 g/mol. The van der Waals surface area contributed by atoms with Gasteiger partial charge in [-0.05, 0) is 25.0 Å². The monoisotopic (exact) mass is 254 g/mol. The summed E-state index contributed by atoms with van der Waals surface area (Å²) in [6, 6.07) is 5.15. The number of carbonyl (C=O) groups is 1. The highest BCUT2D eigenvalue weighted by Crippen LogP contribution is 2.29. The van der Waals surface area contributed by atoms with Gasteiger partial charge in [0.25, 0.3) is 5.91 Å². The lowest BCUT2D eigenvalue weighted by Crippen LogP contribution is -2.45. The molecule has 1 N–H and O–H groups in total. The zero-order chi connectivity index (χ0) is 12.6. The highest BCUT2D eigenvalue weighted by atomic mass is 32.2. The Morgan fingerprint density at radius 2 is 2.06 bits per heavy atom. The molecule has 5 nitrogen and oxygen atoms in total. The molecule has 0 radical (unpaired) electrons. The first-order chi connectivity index (χ1) is 7.97. The van der Waals surface area contributed by atoms with Gasteiger partial charge in [-0.15, -0.1) is 0 Å². The fourth-order valence-corrected chi connectivity index (χ4v) is 3.21. The molecule has 1 heterocycles. The number of aryl methyl sites for hydroxylation is 1. The normalized spacial score (nSPS) is 17.5. The Bertz CT molecular complexity index is 566. The van der Waals surface area contributed by atoms with Crippen LogP contribution in [-0.2, 0) is 10.2 Å². The molecule has 0 spiro atoms. The largest absolute Gasteiger partial charge is 0.326 e. The number of para-hydroxylation sites is 1. The van der Waals surface area contributed by atoms with Crippen molar-refractivity contribution in [1.29, 1.82) is 0 Å². The van der Waals surface area contributed by atoms with Crippen molar-refractivity contribution >= 4 is 21.8 Å². The first-order valence-electron chi connectivity index (χ1n) is 5.42. The van der Waals surface area contributed by atoms with E-state index in [1.807, 2.05) is 6.92 Å². The van der Waals surface area contributed by atoms with Crippen LogP contribution in [0, 0.1) is 6.92 Å². The lowest BCUT2D eigenvalue weighted by atomic mass is 10.1. The van der Waals surface area contributed by atoms with E-state index in [-0.39, 0.29) is 6.54 Å². The summed E-state index contributed by atoms with van der Waals surface area (Å²) in [7, 11) is -3.74. The summed E-state index contributed by atoms with van der Waals surface area (Å²) < 4.78 is 27.1. The molecule has 1 aromatic carbocycles. The number of nitrogens with zero attached hydrogens (tertiary/aromatic N) is 1. The van der Waals surface area contributed by atoms with Gasteiger partial charge in [0, 0.05) is 6.54 Å². The second-order valence-corrected chi connectivity index (χ2v) is 5.58. The summed E-state index contributed by atoms with van der Waals surface area (Å²) in [4.78, 5) is 12.1. The molecule has 6 heteroatoms. The molecular formula is C11H14N2O3S. The summed E-state index contributed by atoms with van der Waals surface area (Å²) in [5.74, 6) is -0.454. The van der Waals surface area contributed by atoms with Crippen LogP contribution >= 0.6 is 0 Å². The van der Waals surface area contributed by atoms with E-state index in [2.05, 4.69) is 4.72 Å². The molecule has 0 fully saturated rings. The van der Waals surface area contributed by atoms with E-state index in [4.69, 9.17) is 0 Å². The fraction of sp³-hybridized carbons (Fsp3) is 0.364. The first-order valence-corrected chi connectivity index (χ1v) is 6.86. The minimum Gasteiger partial charge on any atom is -0.268 e. The van der Waals surface area contributed by atoms with Gasteiger partial charge in [-0.3, -0.25) is 9.52 Å². The molecule has 0 unspecified atom stereocenters.